The minimum atomic E-state index is -4.16. The maximum Gasteiger partial charge on any atom is 0.327 e. The Morgan fingerprint density at radius 1 is 1.69 bits per heavy atom. The fraction of sp³-hybridized carbons (Fsp3) is 0.286. The molecule has 1 unspecified atom stereocenters. The van der Waals surface area contributed by atoms with Gasteiger partial charge in [-0.1, -0.05) is 0 Å². The molecule has 1 atom stereocenters. The van der Waals surface area contributed by atoms with Gasteiger partial charge in [0.2, 0.25) is 0 Å². The highest BCUT2D eigenvalue weighted by atomic mass is 31.2. The monoisotopic (exact) mass is 201 g/mol. The van der Waals surface area contributed by atoms with Gasteiger partial charge in [0, 0.05) is 0 Å². The SMILES string of the molecule is N#CC(CP(=O)(O)O)c1ccco1. The highest BCUT2D eigenvalue weighted by molar-refractivity contribution is 7.51. The van der Waals surface area contributed by atoms with Crippen LogP contribution in [0.5, 0.6) is 0 Å². The molecule has 70 valence electrons. The number of hydrogen-bond donors (Lipinski definition) is 2. The third-order valence-corrected chi connectivity index (χ3v) is 2.30. The molecule has 0 amide bonds. The van der Waals surface area contributed by atoms with E-state index in [1.54, 1.807) is 12.1 Å². The quantitative estimate of drug-likeness (QED) is 0.713. The standard InChI is InChI=1S/C7H8NO4P/c8-4-6(5-13(9,10)11)7-2-1-3-12-7/h1-3,6H,5H2,(H2,9,10,11). The molecule has 1 heterocycles. The van der Waals surface area contributed by atoms with Crippen LogP contribution in [0, 0.1) is 11.3 Å². The van der Waals surface area contributed by atoms with E-state index in [0.29, 0.717) is 0 Å². The Hall–Kier alpha value is -1.08. The lowest BCUT2D eigenvalue weighted by molar-refractivity contribution is 0.368. The maximum absolute atomic E-state index is 10.6. The molecular weight excluding hydrogens is 193 g/mol. The largest absolute Gasteiger partial charge is 0.468 e. The molecule has 13 heavy (non-hydrogen) atoms. The van der Waals surface area contributed by atoms with E-state index in [1.807, 2.05) is 0 Å². The van der Waals surface area contributed by atoms with Crippen LogP contribution in [-0.2, 0) is 4.57 Å². The Labute approximate surface area is 74.8 Å². The summed E-state index contributed by atoms with van der Waals surface area (Å²) in [5.74, 6) is -0.596. The van der Waals surface area contributed by atoms with E-state index in [4.69, 9.17) is 19.5 Å². The van der Waals surface area contributed by atoms with Crippen LogP contribution in [0.15, 0.2) is 22.8 Å². The fourth-order valence-corrected chi connectivity index (χ4v) is 1.66. The summed E-state index contributed by atoms with van der Waals surface area (Å²) in [4.78, 5) is 17.3. The van der Waals surface area contributed by atoms with E-state index < -0.39 is 19.7 Å². The van der Waals surface area contributed by atoms with Crippen molar-refractivity contribution >= 4 is 7.60 Å². The molecular formula is C7H8NO4P. The summed E-state index contributed by atoms with van der Waals surface area (Å²) >= 11 is 0. The maximum atomic E-state index is 10.6. The lowest BCUT2D eigenvalue weighted by Crippen LogP contribution is -2.01. The molecule has 2 N–H and O–H groups in total. The molecule has 0 bridgehead atoms. The van der Waals surface area contributed by atoms with Crippen molar-refractivity contribution in [3.63, 3.8) is 0 Å². The summed E-state index contributed by atoms with van der Waals surface area (Å²) in [6.45, 7) is 0. The number of rotatable bonds is 3. The first-order valence-electron chi connectivity index (χ1n) is 3.50. The van der Waals surface area contributed by atoms with Crippen LogP contribution in [0.1, 0.15) is 11.7 Å². The van der Waals surface area contributed by atoms with E-state index >= 15 is 0 Å². The van der Waals surface area contributed by atoms with Crippen LogP contribution in [0.4, 0.5) is 0 Å². The topological polar surface area (TPSA) is 94.5 Å². The van der Waals surface area contributed by atoms with Crippen molar-refractivity contribution in [1.82, 2.24) is 0 Å². The van der Waals surface area contributed by atoms with E-state index in [1.165, 1.54) is 12.3 Å². The summed E-state index contributed by atoms with van der Waals surface area (Å²) in [5.41, 5.74) is 0. The molecule has 1 aromatic rings. The normalized spacial score (nSPS) is 13.6. The van der Waals surface area contributed by atoms with Crippen molar-refractivity contribution in [3.05, 3.63) is 24.2 Å². The molecule has 0 saturated carbocycles. The van der Waals surface area contributed by atoms with Crippen LogP contribution in [0.3, 0.4) is 0 Å². The minimum absolute atomic E-state index is 0.283. The number of furan rings is 1. The smallest absolute Gasteiger partial charge is 0.327 e. The van der Waals surface area contributed by atoms with E-state index in [-0.39, 0.29) is 5.76 Å². The first-order valence-corrected chi connectivity index (χ1v) is 5.30. The van der Waals surface area contributed by atoms with Crippen LogP contribution in [0.2, 0.25) is 0 Å². The van der Waals surface area contributed by atoms with Crippen molar-refractivity contribution in [2.45, 2.75) is 5.92 Å². The summed E-state index contributed by atoms with van der Waals surface area (Å²) in [5, 5.41) is 8.61. The highest BCUT2D eigenvalue weighted by Gasteiger charge is 2.24. The molecule has 1 aromatic heterocycles. The van der Waals surface area contributed by atoms with Gasteiger partial charge < -0.3 is 14.2 Å². The van der Waals surface area contributed by atoms with Crippen LogP contribution < -0.4 is 0 Å². The van der Waals surface area contributed by atoms with Crippen LogP contribution in [0.25, 0.3) is 0 Å². The van der Waals surface area contributed by atoms with Gasteiger partial charge in [-0.05, 0) is 12.1 Å². The molecule has 0 saturated heterocycles. The van der Waals surface area contributed by atoms with Gasteiger partial charge in [-0.3, -0.25) is 4.57 Å². The second-order valence-electron chi connectivity index (χ2n) is 2.54. The first-order chi connectivity index (χ1) is 6.03. The molecule has 1 rings (SSSR count). The first kappa shape index (κ1) is 10.0. The highest BCUT2D eigenvalue weighted by Crippen LogP contribution is 2.39. The van der Waals surface area contributed by atoms with E-state index in [9.17, 15) is 4.57 Å². The average Bonchev–Trinajstić information content (AvgIpc) is 2.50. The molecule has 0 radical (unpaired) electrons. The fourth-order valence-electron chi connectivity index (χ4n) is 0.922. The lowest BCUT2D eigenvalue weighted by Gasteiger charge is -2.06. The van der Waals surface area contributed by atoms with Gasteiger partial charge in [-0.15, -0.1) is 0 Å². The number of nitrogens with zero attached hydrogens (tertiary/aromatic N) is 1. The van der Waals surface area contributed by atoms with E-state index in [2.05, 4.69) is 0 Å². The molecule has 0 aliphatic carbocycles. The van der Waals surface area contributed by atoms with Gasteiger partial charge in [0.25, 0.3) is 0 Å². The summed E-state index contributed by atoms with van der Waals surface area (Å²) in [7, 11) is -4.16. The summed E-state index contributed by atoms with van der Waals surface area (Å²) in [6, 6.07) is 4.86. The molecule has 0 aliphatic heterocycles. The number of hydrogen-bond acceptors (Lipinski definition) is 3. The second-order valence-corrected chi connectivity index (χ2v) is 4.24. The predicted octanol–water partition coefficient (Wildman–Crippen LogP) is 1.06. The lowest BCUT2D eigenvalue weighted by atomic mass is 10.1. The Kier molecular flexibility index (Phi) is 2.89. The van der Waals surface area contributed by atoms with Gasteiger partial charge in [-0.2, -0.15) is 5.26 Å². The zero-order chi connectivity index (χ0) is 9.90. The van der Waals surface area contributed by atoms with Crippen molar-refractivity contribution < 1.29 is 18.8 Å². The van der Waals surface area contributed by atoms with Crippen molar-refractivity contribution in [2.24, 2.45) is 0 Å². The van der Waals surface area contributed by atoms with Crippen molar-refractivity contribution in [1.29, 1.82) is 5.26 Å². The van der Waals surface area contributed by atoms with Gasteiger partial charge in [0.15, 0.2) is 0 Å². The molecule has 0 aliphatic rings. The third-order valence-electron chi connectivity index (χ3n) is 1.46. The van der Waals surface area contributed by atoms with Crippen LogP contribution >= 0.6 is 7.60 Å². The summed E-state index contributed by atoms with van der Waals surface area (Å²) in [6.07, 6.45) is 0.858. The zero-order valence-electron chi connectivity index (χ0n) is 6.62. The Morgan fingerprint density at radius 2 is 2.38 bits per heavy atom. The summed E-state index contributed by atoms with van der Waals surface area (Å²) < 4.78 is 15.5. The van der Waals surface area contributed by atoms with Gasteiger partial charge in [0.05, 0.1) is 18.5 Å². The van der Waals surface area contributed by atoms with Gasteiger partial charge >= 0.3 is 7.60 Å². The molecule has 5 nitrogen and oxygen atoms in total. The minimum Gasteiger partial charge on any atom is -0.468 e. The number of nitriles is 1. The van der Waals surface area contributed by atoms with E-state index in [0.717, 1.165) is 0 Å². The molecule has 0 spiro atoms. The van der Waals surface area contributed by atoms with Crippen LogP contribution in [-0.4, -0.2) is 15.9 Å². The Bertz CT molecular complexity index is 347. The van der Waals surface area contributed by atoms with Gasteiger partial charge in [-0.25, -0.2) is 0 Å². The van der Waals surface area contributed by atoms with Crippen molar-refractivity contribution in [2.75, 3.05) is 6.16 Å². The zero-order valence-corrected chi connectivity index (χ0v) is 7.52. The Balaban J connectivity index is 2.78. The Morgan fingerprint density at radius 3 is 2.77 bits per heavy atom. The average molecular weight is 201 g/mol. The molecule has 0 aromatic carbocycles. The van der Waals surface area contributed by atoms with Gasteiger partial charge in [0.1, 0.15) is 11.7 Å². The van der Waals surface area contributed by atoms with Crippen molar-refractivity contribution in [3.8, 4) is 6.07 Å². The second kappa shape index (κ2) is 3.75. The predicted molar refractivity (Wildman–Crippen MR) is 44.0 cm³/mol. The molecule has 0 fully saturated rings. The molecule has 6 heteroatoms. The third kappa shape index (κ3) is 3.03.